The zero-order chi connectivity index (χ0) is 18.8. The van der Waals surface area contributed by atoms with Crippen LogP contribution in [-0.2, 0) is 17.8 Å². The molecule has 1 aliphatic rings. The minimum atomic E-state index is -0.251. The predicted octanol–water partition coefficient (Wildman–Crippen LogP) is 3.04. The first kappa shape index (κ1) is 17.5. The van der Waals surface area contributed by atoms with Crippen LogP contribution in [0.5, 0.6) is 0 Å². The molecular formula is C21H23N3O3. The Balaban J connectivity index is 1.47. The van der Waals surface area contributed by atoms with E-state index in [0.717, 1.165) is 54.2 Å². The van der Waals surface area contributed by atoms with E-state index in [4.69, 9.17) is 4.42 Å². The molecule has 6 nitrogen and oxygen atoms in total. The Morgan fingerprint density at radius 3 is 2.81 bits per heavy atom. The molecule has 2 aromatic heterocycles. The third-order valence-corrected chi connectivity index (χ3v) is 5.21. The SMILES string of the molecule is CC1CCN(c2ccc(=O)n(CC(=O)Cc3ccc4ccoc4c3)n2)CC1. The monoisotopic (exact) mass is 365 g/mol. The molecule has 0 atom stereocenters. The summed E-state index contributed by atoms with van der Waals surface area (Å²) < 4.78 is 6.66. The molecule has 0 amide bonds. The van der Waals surface area contributed by atoms with Crippen LogP contribution in [0.1, 0.15) is 25.3 Å². The van der Waals surface area contributed by atoms with Crippen molar-refractivity contribution >= 4 is 22.6 Å². The van der Waals surface area contributed by atoms with Crippen molar-refractivity contribution in [2.75, 3.05) is 18.0 Å². The summed E-state index contributed by atoms with van der Waals surface area (Å²) in [5.41, 5.74) is 1.38. The minimum Gasteiger partial charge on any atom is -0.464 e. The number of carbonyl (C=O) groups excluding carboxylic acids is 1. The summed E-state index contributed by atoms with van der Waals surface area (Å²) in [7, 11) is 0. The van der Waals surface area contributed by atoms with E-state index < -0.39 is 0 Å². The van der Waals surface area contributed by atoms with Crippen molar-refractivity contribution in [2.45, 2.75) is 32.7 Å². The number of Topliss-reactive ketones (excluding diaryl/α,β-unsaturated/α-hetero) is 1. The van der Waals surface area contributed by atoms with Crippen LogP contribution >= 0.6 is 0 Å². The zero-order valence-corrected chi connectivity index (χ0v) is 15.4. The molecule has 0 spiro atoms. The molecule has 0 unspecified atom stereocenters. The van der Waals surface area contributed by atoms with Crippen molar-refractivity contribution in [1.29, 1.82) is 0 Å². The first-order valence-corrected chi connectivity index (χ1v) is 9.39. The maximum atomic E-state index is 12.5. The van der Waals surface area contributed by atoms with Gasteiger partial charge in [0.15, 0.2) is 5.78 Å². The van der Waals surface area contributed by atoms with E-state index in [1.54, 1.807) is 12.3 Å². The van der Waals surface area contributed by atoms with Crippen molar-refractivity contribution in [3.8, 4) is 0 Å². The lowest BCUT2D eigenvalue weighted by molar-refractivity contribution is -0.119. The number of ketones is 1. The van der Waals surface area contributed by atoms with Gasteiger partial charge in [-0.25, -0.2) is 4.68 Å². The number of furan rings is 1. The van der Waals surface area contributed by atoms with Crippen LogP contribution in [0.15, 0.2) is 51.9 Å². The number of anilines is 1. The molecule has 3 aromatic rings. The number of hydrogen-bond donors (Lipinski definition) is 0. The quantitative estimate of drug-likeness (QED) is 0.695. The van der Waals surface area contributed by atoms with Gasteiger partial charge in [-0.2, -0.15) is 5.10 Å². The highest BCUT2D eigenvalue weighted by atomic mass is 16.3. The molecule has 1 saturated heterocycles. The summed E-state index contributed by atoms with van der Waals surface area (Å²) in [4.78, 5) is 26.8. The standard InChI is InChI=1S/C21H23N3O3/c1-15-6-9-23(10-7-15)20-4-5-21(26)24(22-20)14-18(25)12-16-2-3-17-8-11-27-19(17)13-16/h2-5,8,11,13,15H,6-7,9-10,12,14H2,1H3. The zero-order valence-electron chi connectivity index (χ0n) is 15.4. The number of fused-ring (bicyclic) bond motifs is 1. The Morgan fingerprint density at radius 2 is 2.00 bits per heavy atom. The molecule has 0 radical (unpaired) electrons. The van der Waals surface area contributed by atoms with Gasteiger partial charge in [-0.05, 0) is 42.5 Å². The van der Waals surface area contributed by atoms with Crippen LogP contribution in [0.2, 0.25) is 0 Å². The predicted molar refractivity (Wildman–Crippen MR) is 104 cm³/mol. The third kappa shape index (κ3) is 3.94. The summed E-state index contributed by atoms with van der Waals surface area (Å²) in [5.74, 6) is 1.44. The molecule has 1 aromatic carbocycles. The van der Waals surface area contributed by atoms with Crippen LogP contribution in [-0.4, -0.2) is 28.7 Å². The van der Waals surface area contributed by atoms with E-state index in [2.05, 4.69) is 16.9 Å². The highest BCUT2D eigenvalue weighted by Gasteiger charge is 2.18. The first-order chi connectivity index (χ1) is 13.1. The topological polar surface area (TPSA) is 68.3 Å². The largest absolute Gasteiger partial charge is 0.464 e. The van der Waals surface area contributed by atoms with Gasteiger partial charge in [-0.15, -0.1) is 0 Å². The van der Waals surface area contributed by atoms with E-state index in [1.807, 2.05) is 24.3 Å². The molecule has 0 saturated carbocycles. The van der Waals surface area contributed by atoms with E-state index in [1.165, 1.54) is 10.7 Å². The molecular weight excluding hydrogens is 342 g/mol. The molecule has 0 aliphatic carbocycles. The van der Waals surface area contributed by atoms with Gasteiger partial charge in [0.25, 0.3) is 5.56 Å². The van der Waals surface area contributed by atoms with Gasteiger partial charge >= 0.3 is 0 Å². The summed E-state index contributed by atoms with van der Waals surface area (Å²) in [6, 6.07) is 10.9. The van der Waals surface area contributed by atoms with E-state index >= 15 is 0 Å². The fourth-order valence-corrected chi connectivity index (χ4v) is 3.52. The van der Waals surface area contributed by atoms with Crippen LogP contribution < -0.4 is 10.5 Å². The lowest BCUT2D eigenvalue weighted by Gasteiger charge is -2.31. The molecule has 3 heterocycles. The maximum absolute atomic E-state index is 12.5. The Bertz CT molecular complexity index is 1010. The molecule has 27 heavy (non-hydrogen) atoms. The Hall–Kier alpha value is -2.89. The Kier molecular flexibility index (Phi) is 4.79. The number of nitrogens with zero attached hydrogens (tertiary/aromatic N) is 3. The van der Waals surface area contributed by atoms with Gasteiger partial charge in [0, 0.05) is 31.0 Å². The smallest absolute Gasteiger partial charge is 0.267 e. The Labute approximate surface area is 157 Å². The van der Waals surface area contributed by atoms with E-state index in [0.29, 0.717) is 0 Å². The van der Waals surface area contributed by atoms with Crippen molar-refractivity contribution in [3.05, 3.63) is 58.6 Å². The van der Waals surface area contributed by atoms with Crippen molar-refractivity contribution in [2.24, 2.45) is 5.92 Å². The lowest BCUT2D eigenvalue weighted by atomic mass is 9.99. The summed E-state index contributed by atoms with van der Waals surface area (Å²) >= 11 is 0. The highest BCUT2D eigenvalue weighted by Crippen LogP contribution is 2.20. The van der Waals surface area contributed by atoms with Crippen molar-refractivity contribution in [1.82, 2.24) is 9.78 Å². The fraction of sp³-hybridized carbons (Fsp3) is 0.381. The van der Waals surface area contributed by atoms with Crippen LogP contribution in [0.4, 0.5) is 5.82 Å². The average Bonchev–Trinajstić information content (AvgIpc) is 3.12. The van der Waals surface area contributed by atoms with Gasteiger partial charge in [-0.1, -0.05) is 19.1 Å². The highest BCUT2D eigenvalue weighted by molar-refractivity contribution is 5.83. The summed E-state index contributed by atoms with van der Waals surface area (Å²) in [6.07, 6.45) is 4.12. The lowest BCUT2D eigenvalue weighted by Crippen LogP contribution is -2.36. The second kappa shape index (κ2) is 7.39. The Morgan fingerprint density at radius 1 is 1.19 bits per heavy atom. The summed E-state index contributed by atoms with van der Waals surface area (Å²) in [6.45, 7) is 4.10. The first-order valence-electron chi connectivity index (χ1n) is 9.39. The van der Waals surface area contributed by atoms with Crippen molar-refractivity contribution < 1.29 is 9.21 Å². The molecule has 4 rings (SSSR count). The molecule has 1 aliphatic heterocycles. The van der Waals surface area contributed by atoms with Gasteiger partial charge in [0.05, 0.1) is 6.26 Å². The van der Waals surface area contributed by atoms with Crippen LogP contribution in [0.25, 0.3) is 11.0 Å². The molecule has 6 heteroatoms. The second-order valence-electron chi connectivity index (χ2n) is 7.37. The number of carbonyl (C=O) groups is 1. The minimum absolute atomic E-state index is 0.0207. The van der Waals surface area contributed by atoms with Gasteiger partial charge in [0.1, 0.15) is 17.9 Å². The number of hydrogen-bond acceptors (Lipinski definition) is 5. The summed E-state index contributed by atoms with van der Waals surface area (Å²) in [5, 5.41) is 5.44. The van der Waals surface area contributed by atoms with Gasteiger partial charge < -0.3 is 9.32 Å². The van der Waals surface area contributed by atoms with Crippen molar-refractivity contribution in [3.63, 3.8) is 0 Å². The number of rotatable bonds is 5. The molecule has 140 valence electrons. The normalized spacial score (nSPS) is 15.4. The van der Waals surface area contributed by atoms with Crippen LogP contribution in [0, 0.1) is 5.92 Å². The maximum Gasteiger partial charge on any atom is 0.267 e. The number of benzene rings is 1. The molecule has 1 fully saturated rings. The van der Waals surface area contributed by atoms with Gasteiger partial charge in [-0.3, -0.25) is 9.59 Å². The number of piperidine rings is 1. The van der Waals surface area contributed by atoms with E-state index in [-0.39, 0.29) is 24.3 Å². The third-order valence-electron chi connectivity index (χ3n) is 5.21. The average molecular weight is 365 g/mol. The van der Waals surface area contributed by atoms with E-state index in [9.17, 15) is 9.59 Å². The number of aromatic nitrogens is 2. The van der Waals surface area contributed by atoms with Gasteiger partial charge in [0.2, 0.25) is 0 Å². The fourth-order valence-electron chi connectivity index (χ4n) is 3.52. The second-order valence-corrected chi connectivity index (χ2v) is 7.37. The molecule has 0 N–H and O–H groups in total. The molecule has 0 bridgehead atoms. The van der Waals surface area contributed by atoms with Crippen LogP contribution in [0.3, 0.4) is 0 Å².